The third-order valence-corrected chi connectivity index (χ3v) is 7.19. The third-order valence-electron chi connectivity index (χ3n) is 7.19. The van der Waals surface area contributed by atoms with Gasteiger partial charge in [0.15, 0.2) is 17.4 Å². The van der Waals surface area contributed by atoms with Gasteiger partial charge < -0.3 is 31.4 Å². The highest BCUT2D eigenvalue weighted by Crippen LogP contribution is 2.55. The molecule has 0 aromatic heterocycles. The van der Waals surface area contributed by atoms with Crippen LogP contribution >= 0.6 is 0 Å². The molecule has 10 heteroatoms. The highest BCUT2D eigenvalue weighted by Gasteiger charge is 2.56. The van der Waals surface area contributed by atoms with Crippen molar-refractivity contribution in [1.29, 1.82) is 0 Å². The second-order valence-electron chi connectivity index (χ2n) is 9.11. The number of aliphatic carboxylic acids is 1. The molecule has 3 fully saturated rings. The number of ether oxygens (including phenoxy) is 1. The van der Waals surface area contributed by atoms with E-state index in [1.807, 2.05) is 4.90 Å². The molecule has 2 heterocycles. The van der Waals surface area contributed by atoms with E-state index in [0.29, 0.717) is 24.7 Å². The fraction of sp³-hybridized carbons (Fsp3) is 0.524. The molecule has 0 bridgehead atoms. The lowest BCUT2D eigenvalue weighted by atomic mass is 9.94. The zero-order valence-corrected chi connectivity index (χ0v) is 17.1. The minimum Gasteiger partial charge on any atom is -0.622 e. The van der Waals surface area contributed by atoms with Crippen LogP contribution in [0.25, 0.3) is 0 Å². The van der Waals surface area contributed by atoms with Gasteiger partial charge in [-0.25, -0.2) is 9.18 Å². The van der Waals surface area contributed by atoms with Crippen molar-refractivity contribution >= 4 is 28.8 Å². The molecule has 0 amide bonds. The van der Waals surface area contributed by atoms with E-state index in [-0.39, 0.29) is 34.6 Å². The number of rotatable bonds is 5. The van der Waals surface area contributed by atoms with Crippen LogP contribution in [0.3, 0.4) is 0 Å². The summed E-state index contributed by atoms with van der Waals surface area (Å²) in [6.45, 7) is 1.33. The molecule has 2 saturated carbocycles. The maximum absolute atomic E-state index is 14.1. The number of ketones is 1. The van der Waals surface area contributed by atoms with Crippen LogP contribution in [0.1, 0.15) is 36.0 Å². The zero-order chi connectivity index (χ0) is 22.3. The number of hydrogen-bond acceptors (Lipinski definition) is 7. The first-order valence-electron chi connectivity index (χ1n) is 10.4. The topological polar surface area (TPSA) is 142 Å². The van der Waals surface area contributed by atoms with Crippen molar-refractivity contribution in [1.82, 2.24) is 4.65 Å². The van der Waals surface area contributed by atoms with Crippen LogP contribution < -0.4 is 25.8 Å². The number of carbonyl (C=O) groups excluding carboxylic acids is 1. The molecule has 5 rings (SSSR count). The Morgan fingerprint density at radius 3 is 2.68 bits per heavy atom. The van der Waals surface area contributed by atoms with E-state index in [2.05, 4.69) is 0 Å². The molecular weight excluding hydrogens is 407 g/mol. The first-order valence-corrected chi connectivity index (χ1v) is 10.4. The summed E-state index contributed by atoms with van der Waals surface area (Å²) in [5.74, 6) is -1.99. The van der Waals surface area contributed by atoms with Gasteiger partial charge in [-0.1, -0.05) is 0 Å². The van der Waals surface area contributed by atoms with Gasteiger partial charge in [0, 0.05) is 25.0 Å². The maximum Gasteiger partial charge on any atom is 0.345 e. The fourth-order valence-corrected chi connectivity index (χ4v) is 5.08. The lowest BCUT2D eigenvalue weighted by Gasteiger charge is -2.43. The van der Waals surface area contributed by atoms with E-state index in [4.69, 9.17) is 16.2 Å². The number of carboxylic acid groups (broad SMARTS) is 1. The van der Waals surface area contributed by atoms with Crippen molar-refractivity contribution in [3.8, 4) is 5.75 Å². The van der Waals surface area contributed by atoms with Crippen LogP contribution in [0.2, 0.25) is 0 Å². The normalized spacial score (nSPS) is 33.0. The highest BCUT2D eigenvalue weighted by atomic mass is 19.1. The van der Waals surface area contributed by atoms with Gasteiger partial charge in [0.2, 0.25) is 11.5 Å². The molecule has 1 unspecified atom stereocenters. The van der Waals surface area contributed by atoms with Gasteiger partial charge in [-0.05, 0) is 31.2 Å². The number of carbonyl (C=O) groups is 2. The molecular formula is C21H25FN4O5. The van der Waals surface area contributed by atoms with E-state index < -0.39 is 34.2 Å². The Bertz CT molecular complexity index is 1040. The second-order valence-corrected chi connectivity index (χ2v) is 9.11. The average Bonchev–Trinajstić information content (AvgIpc) is 3.59. The quantitative estimate of drug-likeness (QED) is 0.276. The number of anilines is 2. The molecule has 166 valence electrons. The Kier molecular flexibility index (Phi) is 4.18. The fourth-order valence-electron chi connectivity index (χ4n) is 5.08. The van der Waals surface area contributed by atoms with Crippen LogP contribution in [0, 0.1) is 11.1 Å². The van der Waals surface area contributed by atoms with Gasteiger partial charge in [0.25, 0.3) is 0 Å². The minimum absolute atomic E-state index is 0.0191. The smallest absolute Gasteiger partial charge is 0.345 e. The number of benzene rings is 1. The number of Topliss-reactive ketones (excluding diaryl/α,β-unsaturated/α-hetero) is 1. The molecule has 1 saturated heterocycles. The lowest BCUT2D eigenvalue weighted by molar-refractivity contribution is -0.132. The molecule has 2 aliphatic carbocycles. The number of fused-ring (bicyclic) bond motifs is 1. The number of carboxylic acids is 1. The molecule has 1 aromatic rings. The number of nitrogens with two attached hydrogens (primary N) is 2. The monoisotopic (exact) mass is 432 g/mol. The highest BCUT2D eigenvalue weighted by molar-refractivity contribution is 6.29. The molecule has 4 aliphatic rings. The number of hydroxylamine groups is 2. The summed E-state index contributed by atoms with van der Waals surface area (Å²) in [6.07, 6.45) is 2.19. The Morgan fingerprint density at radius 2 is 2.13 bits per heavy atom. The Balaban J connectivity index is 1.67. The Hall–Kier alpha value is -2.69. The van der Waals surface area contributed by atoms with Crippen molar-refractivity contribution in [3.05, 3.63) is 28.6 Å². The number of halogens is 1. The molecule has 0 radical (unpaired) electrons. The second kappa shape index (κ2) is 6.41. The largest absolute Gasteiger partial charge is 0.622 e. The third kappa shape index (κ3) is 2.85. The number of nitrogens with zero attached hydrogens (tertiary/aromatic N) is 2. The molecule has 0 spiro atoms. The van der Waals surface area contributed by atoms with Crippen LogP contribution in [0.15, 0.2) is 17.8 Å². The summed E-state index contributed by atoms with van der Waals surface area (Å²) < 4.78 is 18.3. The van der Waals surface area contributed by atoms with Crippen molar-refractivity contribution in [2.75, 3.05) is 30.8 Å². The Labute approximate surface area is 178 Å². The Morgan fingerprint density at radius 1 is 1.45 bits per heavy atom. The van der Waals surface area contributed by atoms with E-state index in [1.165, 1.54) is 7.11 Å². The first-order chi connectivity index (χ1) is 14.6. The van der Waals surface area contributed by atoms with Crippen molar-refractivity contribution in [2.24, 2.45) is 11.7 Å². The maximum atomic E-state index is 14.1. The predicted molar refractivity (Wildman–Crippen MR) is 112 cm³/mol. The molecule has 1 aromatic carbocycles. The van der Waals surface area contributed by atoms with Gasteiger partial charge in [-0.2, -0.15) is 0 Å². The van der Waals surface area contributed by atoms with Crippen LogP contribution in [-0.4, -0.2) is 54.8 Å². The summed E-state index contributed by atoms with van der Waals surface area (Å²) in [6, 6.07) is 0.498. The number of alkyl halides is 1. The average molecular weight is 432 g/mol. The van der Waals surface area contributed by atoms with E-state index in [9.17, 15) is 24.3 Å². The number of quaternary nitrogens is 1. The summed E-state index contributed by atoms with van der Waals surface area (Å²) >= 11 is 0. The number of nitrogen functional groups attached to an aromatic ring is 1. The van der Waals surface area contributed by atoms with E-state index in [1.54, 1.807) is 6.07 Å². The standard InChI is InChI=1S/C21H25FN4O5/c1-31-19-14(25-5-2-10(8-25)21(24)3-4-21)7-13(23)16-17(19)26(30,15-6-12(15)22)9-11(18(16)27)20(28)29/h7,9-10,12,15H,2-6,8,23-24H2,1H3,(H,28,29)/t10-,12-,15-,26?/m1/s1. The molecule has 31 heavy (non-hydrogen) atoms. The summed E-state index contributed by atoms with van der Waals surface area (Å²) in [5.41, 5.74) is 11.9. The van der Waals surface area contributed by atoms with E-state index >= 15 is 0 Å². The predicted octanol–water partition coefficient (Wildman–Crippen LogP) is 1.68. The summed E-state index contributed by atoms with van der Waals surface area (Å²) in [5, 5.41) is 23.4. The lowest BCUT2D eigenvalue weighted by Crippen LogP contribution is -2.46. The van der Waals surface area contributed by atoms with Gasteiger partial charge in [0.05, 0.1) is 18.5 Å². The van der Waals surface area contributed by atoms with Crippen molar-refractivity contribution in [3.63, 3.8) is 0 Å². The molecule has 9 nitrogen and oxygen atoms in total. The van der Waals surface area contributed by atoms with Gasteiger partial charge in [-0.15, -0.1) is 0 Å². The summed E-state index contributed by atoms with van der Waals surface area (Å²) in [7, 11) is 1.37. The SMILES string of the molecule is COc1c(N2CC[C@@H](C3(N)CC3)C2)cc(N)c2c1[N+]([O-])([C@@H]1C[C@H]1F)C=C(C(=O)O)C2=O. The van der Waals surface area contributed by atoms with Gasteiger partial charge >= 0.3 is 5.97 Å². The van der Waals surface area contributed by atoms with Crippen molar-refractivity contribution < 1.29 is 23.8 Å². The first kappa shape index (κ1) is 20.2. The van der Waals surface area contributed by atoms with Gasteiger partial charge in [-0.3, -0.25) is 9.44 Å². The minimum atomic E-state index is -1.55. The molecule has 5 N–H and O–H groups in total. The van der Waals surface area contributed by atoms with Crippen LogP contribution in [0.4, 0.5) is 21.5 Å². The van der Waals surface area contributed by atoms with Gasteiger partial charge in [0.1, 0.15) is 17.8 Å². The zero-order valence-electron chi connectivity index (χ0n) is 17.1. The number of methoxy groups -OCH3 is 1. The van der Waals surface area contributed by atoms with Crippen LogP contribution in [-0.2, 0) is 4.79 Å². The summed E-state index contributed by atoms with van der Waals surface area (Å²) in [4.78, 5) is 26.6. The van der Waals surface area contributed by atoms with Crippen LogP contribution in [0.5, 0.6) is 5.75 Å². The van der Waals surface area contributed by atoms with Crippen molar-refractivity contribution in [2.45, 2.75) is 43.4 Å². The molecule has 4 atom stereocenters. The molecule has 2 aliphatic heterocycles. The van der Waals surface area contributed by atoms with E-state index in [0.717, 1.165) is 25.5 Å². The number of hydrogen-bond donors (Lipinski definition) is 3.